The summed E-state index contributed by atoms with van der Waals surface area (Å²) in [5.41, 5.74) is 3.91. The molecule has 2 heteroatoms. The average molecular weight is 324 g/mol. The van der Waals surface area contributed by atoms with E-state index in [4.69, 9.17) is 4.99 Å². The zero-order valence-corrected chi connectivity index (χ0v) is 13.9. The summed E-state index contributed by atoms with van der Waals surface area (Å²) in [6, 6.07) is 19.7. The SMILES string of the molecule is C1=CC2N=CC(C(c3ccccc3)c3c[nH]c4ccccc34)C2C=C1. The lowest BCUT2D eigenvalue weighted by Gasteiger charge is -2.28. The highest BCUT2D eigenvalue weighted by atomic mass is 14.8. The first-order valence-corrected chi connectivity index (χ1v) is 8.91. The van der Waals surface area contributed by atoms with E-state index in [1.54, 1.807) is 0 Å². The fourth-order valence-corrected chi connectivity index (χ4v) is 4.34. The van der Waals surface area contributed by atoms with Gasteiger partial charge in [-0.1, -0.05) is 72.8 Å². The number of aromatic amines is 1. The summed E-state index contributed by atoms with van der Waals surface area (Å²) < 4.78 is 0. The number of benzene rings is 2. The predicted octanol–water partition coefficient (Wildman–Crippen LogP) is 5.11. The highest BCUT2D eigenvalue weighted by Gasteiger charge is 2.38. The maximum Gasteiger partial charge on any atom is 0.0748 e. The van der Waals surface area contributed by atoms with Crippen LogP contribution in [0, 0.1) is 11.8 Å². The Hall–Kier alpha value is -2.87. The van der Waals surface area contributed by atoms with E-state index in [9.17, 15) is 0 Å². The van der Waals surface area contributed by atoms with Gasteiger partial charge in [-0.2, -0.15) is 0 Å². The molecule has 4 unspecified atom stereocenters. The molecule has 1 aromatic heterocycles. The van der Waals surface area contributed by atoms with Crippen LogP contribution in [0.3, 0.4) is 0 Å². The topological polar surface area (TPSA) is 28.1 Å². The summed E-state index contributed by atoms with van der Waals surface area (Å²) in [6.07, 6.45) is 13.2. The quantitative estimate of drug-likeness (QED) is 0.693. The van der Waals surface area contributed by atoms with E-state index < -0.39 is 0 Å². The summed E-state index contributed by atoms with van der Waals surface area (Å²) in [6.45, 7) is 0. The number of rotatable bonds is 3. The number of hydrogen-bond donors (Lipinski definition) is 1. The molecular weight excluding hydrogens is 304 g/mol. The fourth-order valence-electron chi connectivity index (χ4n) is 4.34. The van der Waals surface area contributed by atoms with Gasteiger partial charge in [-0.05, 0) is 17.2 Å². The number of para-hydroxylation sites is 1. The Morgan fingerprint density at radius 1 is 0.880 bits per heavy atom. The molecule has 0 amide bonds. The van der Waals surface area contributed by atoms with Crippen LogP contribution in [0.1, 0.15) is 17.0 Å². The minimum Gasteiger partial charge on any atom is -0.361 e. The fraction of sp³-hybridized carbons (Fsp3) is 0.174. The highest BCUT2D eigenvalue weighted by Crippen LogP contribution is 2.43. The molecule has 1 N–H and O–H groups in total. The van der Waals surface area contributed by atoms with E-state index in [0.29, 0.717) is 17.8 Å². The number of nitrogens with zero attached hydrogens (tertiary/aromatic N) is 1. The van der Waals surface area contributed by atoms with Crippen LogP contribution < -0.4 is 0 Å². The number of nitrogens with one attached hydrogen (secondary N) is 1. The Morgan fingerprint density at radius 3 is 2.60 bits per heavy atom. The molecule has 2 aromatic carbocycles. The lowest BCUT2D eigenvalue weighted by atomic mass is 9.73. The zero-order valence-electron chi connectivity index (χ0n) is 13.9. The Bertz CT molecular complexity index is 978. The van der Waals surface area contributed by atoms with Crippen molar-refractivity contribution in [3.05, 3.63) is 96.2 Å². The minimum absolute atomic E-state index is 0.284. The molecule has 0 saturated carbocycles. The molecule has 5 rings (SSSR count). The Morgan fingerprint density at radius 2 is 1.68 bits per heavy atom. The third kappa shape index (κ3) is 2.37. The van der Waals surface area contributed by atoms with Crippen molar-refractivity contribution in [2.45, 2.75) is 12.0 Å². The van der Waals surface area contributed by atoms with E-state index in [1.807, 2.05) is 0 Å². The molecule has 3 aromatic rings. The number of aromatic nitrogens is 1. The lowest BCUT2D eigenvalue weighted by Crippen LogP contribution is -2.25. The molecule has 25 heavy (non-hydrogen) atoms. The van der Waals surface area contributed by atoms with Crippen LogP contribution in [0.2, 0.25) is 0 Å². The number of hydrogen-bond acceptors (Lipinski definition) is 1. The van der Waals surface area contributed by atoms with Crippen LogP contribution in [-0.2, 0) is 0 Å². The van der Waals surface area contributed by atoms with Gasteiger partial charge < -0.3 is 4.98 Å². The van der Waals surface area contributed by atoms with Crippen LogP contribution >= 0.6 is 0 Å². The van der Waals surface area contributed by atoms with Gasteiger partial charge in [0.1, 0.15) is 0 Å². The molecule has 0 spiro atoms. The van der Waals surface area contributed by atoms with Crippen molar-refractivity contribution in [1.82, 2.24) is 4.98 Å². The van der Waals surface area contributed by atoms with Gasteiger partial charge in [-0.3, -0.25) is 4.99 Å². The summed E-state index contributed by atoms with van der Waals surface area (Å²) in [5, 5.41) is 1.31. The standard InChI is InChI=1S/C23H20N2/c1-2-8-16(9-3-1)23(19-14-24-21-12-6-4-10-17(19)21)20-15-25-22-13-7-5-11-18(20)22/h1-15,17,19,21,23,25H. The molecule has 122 valence electrons. The Labute approximate surface area is 147 Å². The second kappa shape index (κ2) is 5.89. The molecule has 0 fully saturated rings. The maximum absolute atomic E-state index is 4.80. The largest absolute Gasteiger partial charge is 0.361 e. The summed E-state index contributed by atoms with van der Waals surface area (Å²) in [7, 11) is 0. The minimum atomic E-state index is 0.284. The molecule has 2 nitrogen and oxygen atoms in total. The van der Waals surface area contributed by atoms with E-state index in [2.05, 4.69) is 96.3 Å². The molecule has 4 atom stereocenters. The van der Waals surface area contributed by atoms with Crippen molar-refractivity contribution in [2.24, 2.45) is 16.8 Å². The van der Waals surface area contributed by atoms with Gasteiger partial charge in [0, 0.05) is 41.1 Å². The van der Waals surface area contributed by atoms with Crippen molar-refractivity contribution >= 4 is 17.1 Å². The normalized spacial score (nSPS) is 25.4. The van der Waals surface area contributed by atoms with Gasteiger partial charge in [0.2, 0.25) is 0 Å². The van der Waals surface area contributed by atoms with Crippen molar-refractivity contribution in [3.63, 3.8) is 0 Å². The van der Waals surface area contributed by atoms with E-state index in [0.717, 1.165) is 0 Å². The van der Waals surface area contributed by atoms with E-state index in [1.165, 1.54) is 22.0 Å². The van der Waals surface area contributed by atoms with Gasteiger partial charge in [0.15, 0.2) is 0 Å². The van der Waals surface area contributed by atoms with Gasteiger partial charge in [0.25, 0.3) is 0 Å². The van der Waals surface area contributed by atoms with Crippen LogP contribution in [0.5, 0.6) is 0 Å². The van der Waals surface area contributed by atoms with Crippen molar-refractivity contribution in [3.8, 4) is 0 Å². The molecule has 2 aliphatic rings. The average Bonchev–Trinajstić information content (AvgIpc) is 3.29. The monoisotopic (exact) mass is 324 g/mol. The van der Waals surface area contributed by atoms with Crippen LogP contribution in [-0.4, -0.2) is 17.2 Å². The molecule has 0 radical (unpaired) electrons. The number of allylic oxidation sites excluding steroid dienone is 2. The molecule has 0 bridgehead atoms. The highest BCUT2D eigenvalue weighted by molar-refractivity contribution is 5.85. The van der Waals surface area contributed by atoms with Crippen LogP contribution in [0.15, 0.2) is 90.1 Å². The maximum atomic E-state index is 4.80. The zero-order chi connectivity index (χ0) is 16.6. The van der Waals surface area contributed by atoms with Gasteiger partial charge in [-0.25, -0.2) is 0 Å². The number of H-pyrrole nitrogens is 1. The Kier molecular flexibility index (Phi) is 3.41. The third-order valence-corrected chi connectivity index (χ3v) is 5.52. The molecule has 2 heterocycles. The molecule has 0 saturated heterocycles. The molecule has 1 aliphatic heterocycles. The number of aliphatic imine (C=N–C) groups is 1. The third-order valence-electron chi connectivity index (χ3n) is 5.52. The lowest BCUT2D eigenvalue weighted by molar-refractivity contribution is 0.462. The molecule has 1 aliphatic carbocycles. The summed E-state index contributed by atoms with van der Waals surface area (Å²) >= 11 is 0. The first-order valence-electron chi connectivity index (χ1n) is 8.91. The van der Waals surface area contributed by atoms with Crippen molar-refractivity contribution in [2.75, 3.05) is 0 Å². The first-order chi connectivity index (χ1) is 12.4. The second-order valence-corrected chi connectivity index (χ2v) is 6.89. The number of fused-ring (bicyclic) bond motifs is 2. The van der Waals surface area contributed by atoms with Crippen molar-refractivity contribution in [1.29, 1.82) is 0 Å². The summed E-state index contributed by atoms with van der Waals surface area (Å²) in [5.74, 6) is 1.10. The van der Waals surface area contributed by atoms with E-state index >= 15 is 0 Å². The van der Waals surface area contributed by atoms with Crippen LogP contribution in [0.25, 0.3) is 10.9 Å². The van der Waals surface area contributed by atoms with Gasteiger partial charge in [-0.15, -0.1) is 0 Å². The molecular formula is C23H20N2. The van der Waals surface area contributed by atoms with Gasteiger partial charge in [0.05, 0.1) is 6.04 Å². The first kappa shape index (κ1) is 14.5. The summed E-state index contributed by atoms with van der Waals surface area (Å²) in [4.78, 5) is 8.26. The smallest absolute Gasteiger partial charge is 0.0748 e. The van der Waals surface area contributed by atoms with Crippen molar-refractivity contribution < 1.29 is 0 Å². The van der Waals surface area contributed by atoms with Crippen LogP contribution in [0.4, 0.5) is 0 Å². The van der Waals surface area contributed by atoms with E-state index in [-0.39, 0.29) is 6.04 Å². The Balaban J connectivity index is 1.67. The predicted molar refractivity (Wildman–Crippen MR) is 104 cm³/mol. The second-order valence-electron chi connectivity index (χ2n) is 6.89. The van der Waals surface area contributed by atoms with Gasteiger partial charge >= 0.3 is 0 Å².